The molecule has 23 heavy (non-hydrogen) atoms. The number of hydrogen-bond donors (Lipinski definition) is 0. The number of methoxy groups -OCH3 is 1. The maximum atomic E-state index is 6.19. The zero-order valence-corrected chi connectivity index (χ0v) is 15.8. The lowest BCUT2D eigenvalue weighted by Gasteiger charge is -2.40. The molecule has 0 aromatic rings. The highest BCUT2D eigenvalue weighted by atomic mass is 16.5. The SMILES string of the molecule is COC1CC(OC2CCN(CC(C)CC(C)OC(C)C)CC2)C1. The van der Waals surface area contributed by atoms with Gasteiger partial charge in [0.1, 0.15) is 0 Å². The lowest BCUT2D eigenvalue weighted by molar-refractivity contribution is -0.126. The average molecular weight is 328 g/mol. The van der Waals surface area contributed by atoms with Gasteiger partial charge in [-0.15, -0.1) is 0 Å². The van der Waals surface area contributed by atoms with Gasteiger partial charge in [-0.25, -0.2) is 0 Å². The molecule has 0 aromatic carbocycles. The molecule has 1 heterocycles. The molecule has 136 valence electrons. The molecular formula is C19H37NO3. The molecule has 2 atom stereocenters. The maximum Gasteiger partial charge on any atom is 0.0628 e. The summed E-state index contributed by atoms with van der Waals surface area (Å²) >= 11 is 0. The van der Waals surface area contributed by atoms with E-state index in [-0.39, 0.29) is 0 Å². The van der Waals surface area contributed by atoms with E-state index in [0.29, 0.717) is 36.4 Å². The zero-order chi connectivity index (χ0) is 16.8. The van der Waals surface area contributed by atoms with E-state index in [1.54, 1.807) is 7.11 Å². The Labute approximate surface area is 142 Å². The summed E-state index contributed by atoms with van der Waals surface area (Å²) < 4.78 is 17.4. The van der Waals surface area contributed by atoms with Crippen molar-refractivity contribution >= 4 is 0 Å². The van der Waals surface area contributed by atoms with Crippen LogP contribution in [-0.2, 0) is 14.2 Å². The topological polar surface area (TPSA) is 30.9 Å². The predicted molar refractivity (Wildman–Crippen MR) is 93.8 cm³/mol. The summed E-state index contributed by atoms with van der Waals surface area (Å²) in [4.78, 5) is 2.60. The Balaban J connectivity index is 1.57. The average Bonchev–Trinajstić information content (AvgIpc) is 2.42. The van der Waals surface area contributed by atoms with Gasteiger partial charge in [0.2, 0.25) is 0 Å². The minimum absolute atomic E-state index is 0.328. The van der Waals surface area contributed by atoms with E-state index >= 15 is 0 Å². The van der Waals surface area contributed by atoms with Gasteiger partial charge < -0.3 is 19.1 Å². The first-order valence-electron chi connectivity index (χ1n) is 9.52. The number of rotatable bonds is 9. The van der Waals surface area contributed by atoms with Crippen molar-refractivity contribution in [3.63, 3.8) is 0 Å². The highest BCUT2D eigenvalue weighted by Crippen LogP contribution is 2.29. The van der Waals surface area contributed by atoms with Crippen molar-refractivity contribution in [1.29, 1.82) is 0 Å². The summed E-state index contributed by atoms with van der Waals surface area (Å²) in [6.07, 6.45) is 7.72. The molecule has 2 fully saturated rings. The second kappa shape index (κ2) is 9.36. The Morgan fingerprint density at radius 3 is 2.17 bits per heavy atom. The highest BCUT2D eigenvalue weighted by molar-refractivity contribution is 4.83. The van der Waals surface area contributed by atoms with Crippen molar-refractivity contribution in [2.24, 2.45) is 5.92 Å². The molecule has 1 aliphatic heterocycles. The van der Waals surface area contributed by atoms with Crippen molar-refractivity contribution in [3.05, 3.63) is 0 Å². The van der Waals surface area contributed by atoms with E-state index in [0.717, 1.165) is 19.3 Å². The molecule has 2 unspecified atom stereocenters. The third-order valence-electron chi connectivity index (χ3n) is 5.11. The largest absolute Gasteiger partial charge is 0.381 e. The fourth-order valence-corrected chi connectivity index (χ4v) is 3.92. The summed E-state index contributed by atoms with van der Waals surface area (Å²) in [7, 11) is 1.80. The summed E-state index contributed by atoms with van der Waals surface area (Å²) in [6, 6.07) is 0. The van der Waals surface area contributed by atoms with E-state index in [2.05, 4.69) is 32.6 Å². The molecule has 1 saturated heterocycles. The van der Waals surface area contributed by atoms with Crippen LogP contribution >= 0.6 is 0 Å². The molecule has 0 radical (unpaired) electrons. The number of nitrogens with zero attached hydrogens (tertiary/aromatic N) is 1. The number of ether oxygens (including phenoxy) is 3. The highest BCUT2D eigenvalue weighted by Gasteiger charge is 2.33. The van der Waals surface area contributed by atoms with Crippen molar-refractivity contribution in [2.45, 2.75) is 90.3 Å². The van der Waals surface area contributed by atoms with Crippen molar-refractivity contribution in [2.75, 3.05) is 26.7 Å². The second-order valence-electron chi connectivity index (χ2n) is 7.92. The van der Waals surface area contributed by atoms with Gasteiger partial charge in [0.25, 0.3) is 0 Å². The van der Waals surface area contributed by atoms with Crippen LogP contribution in [0.2, 0.25) is 0 Å². The van der Waals surface area contributed by atoms with Crippen LogP contribution < -0.4 is 0 Å². The minimum atomic E-state index is 0.328. The van der Waals surface area contributed by atoms with Gasteiger partial charge in [-0.05, 0) is 58.8 Å². The normalized spacial score (nSPS) is 29.5. The van der Waals surface area contributed by atoms with Crippen molar-refractivity contribution < 1.29 is 14.2 Å². The summed E-state index contributed by atoms with van der Waals surface area (Å²) in [5.41, 5.74) is 0. The van der Waals surface area contributed by atoms with Crippen LogP contribution in [0.4, 0.5) is 0 Å². The summed E-state index contributed by atoms with van der Waals surface area (Å²) in [5.74, 6) is 0.690. The number of likely N-dealkylation sites (tertiary alicyclic amines) is 1. The molecule has 1 aliphatic carbocycles. The first kappa shape index (κ1) is 19.2. The van der Waals surface area contributed by atoms with E-state index in [9.17, 15) is 0 Å². The number of piperidine rings is 1. The van der Waals surface area contributed by atoms with Gasteiger partial charge in [-0.1, -0.05) is 6.92 Å². The first-order chi connectivity index (χ1) is 11.0. The number of hydrogen-bond acceptors (Lipinski definition) is 4. The summed E-state index contributed by atoms with van der Waals surface area (Å²) in [5, 5.41) is 0. The quantitative estimate of drug-likeness (QED) is 0.649. The Bertz CT molecular complexity index is 323. The molecule has 4 nitrogen and oxygen atoms in total. The predicted octanol–water partition coefficient (Wildman–Crippen LogP) is 3.48. The third kappa shape index (κ3) is 6.69. The second-order valence-corrected chi connectivity index (χ2v) is 7.92. The first-order valence-corrected chi connectivity index (χ1v) is 9.52. The van der Waals surface area contributed by atoms with Crippen LogP contribution in [0.5, 0.6) is 0 Å². The maximum absolute atomic E-state index is 6.19. The zero-order valence-electron chi connectivity index (χ0n) is 15.8. The van der Waals surface area contributed by atoms with Crippen LogP contribution in [-0.4, -0.2) is 62.2 Å². The van der Waals surface area contributed by atoms with Crippen LogP contribution in [0.3, 0.4) is 0 Å². The van der Waals surface area contributed by atoms with Gasteiger partial charge in [-0.2, -0.15) is 0 Å². The van der Waals surface area contributed by atoms with Crippen LogP contribution in [0.1, 0.15) is 59.8 Å². The smallest absolute Gasteiger partial charge is 0.0628 e. The molecule has 2 rings (SSSR count). The summed E-state index contributed by atoms with van der Waals surface area (Å²) in [6.45, 7) is 12.3. The molecule has 1 saturated carbocycles. The monoisotopic (exact) mass is 327 g/mol. The fraction of sp³-hybridized carbons (Fsp3) is 1.00. The Hall–Kier alpha value is -0.160. The Morgan fingerprint density at radius 2 is 1.61 bits per heavy atom. The van der Waals surface area contributed by atoms with Gasteiger partial charge in [0, 0.05) is 26.7 Å². The molecule has 4 heteroatoms. The molecule has 0 N–H and O–H groups in total. The molecule has 0 aromatic heterocycles. The third-order valence-corrected chi connectivity index (χ3v) is 5.11. The lowest BCUT2D eigenvalue weighted by Crippen LogP contribution is -2.44. The van der Waals surface area contributed by atoms with E-state index in [1.807, 2.05) is 0 Å². The van der Waals surface area contributed by atoms with Crippen LogP contribution in [0.25, 0.3) is 0 Å². The molecule has 2 aliphatic rings. The van der Waals surface area contributed by atoms with Crippen LogP contribution in [0.15, 0.2) is 0 Å². The standard InChI is InChI=1S/C19H37NO3/c1-14(2)22-16(4)10-15(3)13-20-8-6-17(7-9-20)23-19-11-18(12-19)21-5/h14-19H,6-13H2,1-5H3. The van der Waals surface area contributed by atoms with Gasteiger partial charge in [-0.3, -0.25) is 0 Å². The van der Waals surface area contributed by atoms with Crippen molar-refractivity contribution in [3.8, 4) is 0 Å². The van der Waals surface area contributed by atoms with E-state index in [1.165, 1.54) is 32.5 Å². The fourth-order valence-electron chi connectivity index (χ4n) is 3.92. The molecular weight excluding hydrogens is 290 g/mol. The van der Waals surface area contributed by atoms with Crippen LogP contribution in [0, 0.1) is 5.92 Å². The van der Waals surface area contributed by atoms with E-state index in [4.69, 9.17) is 14.2 Å². The van der Waals surface area contributed by atoms with Gasteiger partial charge in [0.15, 0.2) is 0 Å². The Kier molecular flexibility index (Phi) is 7.80. The van der Waals surface area contributed by atoms with Gasteiger partial charge >= 0.3 is 0 Å². The van der Waals surface area contributed by atoms with Gasteiger partial charge in [0.05, 0.1) is 30.5 Å². The molecule has 0 bridgehead atoms. The Morgan fingerprint density at radius 1 is 0.957 bits per heavy atom. The molecule has 0 amide bonds. The molecule has 0 spiro atoms. The van der Waals surface area contributed by atoms with E-state index < -0.39 is 0 Å². The van der Waals surface area contributed by atoms with Crippen molar-refractivity contribution in [1.82, 2.24) is 4.90 Å². The minimum Gasteiger partial charge on any atom is -0.381 e. The lowest BCUT2D eigenvalue weighted by atomic mass is 9.91.